The molecule has 1 fully saturated rings. The number of rotatable bonds is 7. The van der Waals surface area contributed by atoms with Crippen LogP contribution in [0.5, 0.6) is 0 Å². The Balaban J connectivity index is 2.09. The number of pyridine rings is 1. The molecule has 0 aliphatic heterocycles. The zero-order chi connectivity index (χ0) is 13.8. The maximum absolute atomic E-state index is 14.5. The molecule has 106 valence electrons. The normalized spacial score (nSPS) is 16.4. The van der Waals surface area contributed by atoms with Crippen LogP contribution in [0.4, 0.5) is 10.2 Å². The van der Waals surface area contributed by atoms with Gasteiger partial charge in [0.2, 0.25) is 0 Å². The van der Waals surface area contributed by atoms with E-state index in [0.717, 1.165) is 13.0 Å². The van der Waals surface area contributed by atoms with Gasteiger partial charge in [-0.15, -0.1) is 0 Å². The molecule has 0 saturated heterocycles. The van der Waals surface area contributed by atoms with Crippen molar-refractivity contribution >= 4 is 5.82 Å². The lowest BCUT2D eigenvalue weighted by atomic mass is 10.1. The van der Waals surface area contributed by atoms with E-state index in [9.17, 15) is 4.39 Å². The first-order valence-corrected chi connectivity index (χ1v) is 7.22. The van der Waals surface area contributed by atoms with E-state index in [1.807, 2.05) is 11.9 Å². The van der Waals surface area contributed by atoms with Gasteiger partial charge in [-0.25, -0.2) is 9.37 Å². The number of hydrogen-bond donors (Lipinski definition) is 1. The fourth-order valence-electron chi connectivity index (χ4n) is 2.34. The number of hydrogen-bond acceptors (Lipinski definition) is 3. The van der Waals surface area contributed by atoms with Crippen LogP contribution in [0.3, 0.4) is 0 Å². The van der Waals surface area contributed by atoms with Gasteiger partial charge in [-0.2, -0.15) is 0 Å². The monoisotopic (exact) mass is 265 g/mol. The Morgan fingerprint density at radius 1 is 1.53 bits per heavy atom. The Hall–Kier alpha value is -1.16. The minimum atomic E-state index is -0.180. The van der Waals surface area contributed by atoms with Gasteiger partial charge in [0.05, 0.1) is 0 Å². The minimum Gasteiger partial charge on any atom is -0.354 e. The van der Waals surface area contributed by atoms with Crippen LogP contribution >= 0.6 is 0 Å². The lowest BCUT2D eigenvalue weighted by Crippen LogP contribution is -2.32. The van der Waals surface area contributed by atoms with Crippen molar-refractivity contribution in [3.63, 3.8) is 0 Å². The average molecular weight is 265 g/mol. The van der Waals surface area contributed by atoms with Crippen molar-refractivity contribution in [3.05, 3.63) is 23.6 Å². The molecule has 0 aromatic carbocycles. The van der Waals surface area contributed by atoms with Crippen molar-refractivity contribution < 1.29 is 4.39 Å². The molecule has 1 unspecified atom stereocenters. The van der Waals surface area contributed by atoms with Crippen molar-refractivity contribution in [2.75, 3.05) is 18.5 Å². The van der Waals surface area contributed by atoms with E-state index in [1.54, 1.807) is 12.3 Å². The Labute approximate surface area is 115 Å². The molecule has 1 atom stereocenters. The molecule has 1 saturated carbocycles. The van der Waals surface area contributed by atoms with E-state index < -0.39 is 0 Å². The van der Waals surface area contributed by atoms with Crippen LogP contribution in [0, 0.1) is 11.7 Å². The third kappa shape index (κ3) is 3.44. The van der Waals surface area contributed by atoms with E-state index in [-0.39, 0.29) is 5.82 Å². The van der Waals surface area contributed by atoms with Gasteiger partial charge >= 0.3 is 0 Å². The van der Waals surface area contributed by atoms with Crippen LogP contribution in [-0.4, -0.2) is 24.6 Å². The zero-order valence-corrected chi connectivity index (χ0v) is 12.1. The largest absolute Gasteiger partial charge is 0.354 e. The Bertz CT molecular complexity index is 418. The van der Waals surface area contributed by atoms with E-state index in [0.29, 0.717) is 29.9 Å². The van der Waals surface area contributed by atoms with E-state index in [2.05, 4.69) is 24.1 Å². The molecule has 1 aliphatic carbocycles. The third-order valence-corrected chi connectivity index (χ3v) is 3.94. The van der Waals surface area contributed by atoms with Crippen molar-refractivity contribution in [2.24, 2.45) is 5.92 Å². The van der Waals surface area contributed by atoms with Gasteiger partial charge in [-0.1, -0.05) is 6.92 Å². The van der Waals surface area contributed by atoms with Crippen molar-refractivity contribution in [3.8, 4) is 0 Å². The van der Waals surface area contributed by atoms with E-state index in [1.165, 1.54) is 12.8 Å². The van der Waals surface area contributed by atoms with Crippen LogP contribution in [0.25, 0.3) is 0 Å². The maximum Gasteiger partial charge on any atom is 0.170 e. The Kier molecular flexibility index (Phi) is 4.75. The van der Waals surface area contributed by atoms with Gasteiger partial charge < -0.3 is 10.2 Å². The van der Waals surface area contributed by atoms with Crippen LogP contribution in [-0.2, 0) is 6.54 Å². The lowest BCUT2D eigenvalue weighted by molar-refractivity contribution is 0.551. The summed E-state index contributed by atoms with van der Waals surface area (Å²) in [5, 5.41) is 3.24. The third-order valence-electron chi connectivity index (χ3n) is 3.94. The summed E-state index contributed by atoms with van der Waals surface area (Å²) in [5.74, 6) is 1.00. The van der Waals surface area contributed by atoms with Gasteiger partial charge in [0.1, 0.15) is 0 Å². The molecule has 1 aromatic heterocycles. The van der Waals surface area contributed by atoms with Gasteiger partial charge in [-0.3, -0.25) is 0 Å². The van der Waals surface area contributed by atoms with Gasteiger partial charge in [-0.05, 0) is 44.7 Å². The number of nitrogens with zero attached hydrogens (tertiary/aromatic N) is 2. The van der Waals surface area contributed by atoms with Crippen molar-refractivity contribution in [1.29, 1.82) is 0 Å². The average Bonchev–Trinajstić information content (AvgIpc) is 3.24. The summed E-state index contributed by atoms with van der Waals surface area (Å²) in [4.78, 5) is 6.20. The first kappa shape index (κ1) is 14.3. The highest BCUT2D eigenvalue weighted by molar-refractivity contribution is 5.43. The highest BCUT2D eigenvalue weighted by Gasteiger charge is 2.32. The number of anilines is 1. The second kappa shape index (κ2) is 6.33. The molecule has 4 heteroatoms. The second-order valence-electron chi connectivity index (χ2n) is 5.47. The van der Waals surface area contributed by atoms with Crippen LogP contribution in [0.2, 0.25) is 0 Å². The molecule has 19 heavy (non-hydrogen) atoms. The summed E-state index contributed by atoms with van der Waals surface area (Å²) in [6.45, 7) is 5.74. The van der Waals surface area contributed by atoms with E-state index >= 15 is 0 Å². The molecule has 3 nitrogen and oxygen atoms in total. The van der Waals surface area contributed by atoms with Crippen LogP contribution < -0.4 is 10.2 Å². The summed E-state index contributed by atoms with van der Waals surface area (Å²) in [5.41, 5.74) is 0.702. The highest BCUT2D eigenvalue weighted by Crippen LogP contribution is 2.36. The minimum absolute atomic E-state index is 0.180. The molecular formula is C15H24FN3. The lowest BCUT2D eigenvalue weighted by Gasteiger charge is -2.26. The SMILES string of the molecule is CCCNCc1ccnc(N(C)C(C)C2CC2)c1F. The number of aromatic nitrogens is 1. The topological polar surface area (TPSA) is 28.2 Å². The van der Waals surface area contributed by atoms with Crippen LogP contribution in [0.15, 0.2) is 12.3 Å². The summed E-state index contributed by atoms with van der Waals surface area (Å²) >= 11 is 0. The predicted octanol–water partition coefficient (Wildman–Crippen LogP) is 2.96. The first-order chi connectivity index (χ1) is 9.15. The summed E-state index contributed by atoms with van der Waals surface area (Å²) in [6.07, 6.45) is 5.27. The van der Waals surface area contributed by atoms with Gasteiger partial charge in [0.25, 0.3) is 0 Å². The molecule has 0 bridgehead atoms. The molecule has 1 aliphatic rings. The molecule has 1 heterocycles. The summed E-state index contributed by atoms with van der Waals surface area (Å²) in [7, 11) is 1.94. The second-order valence-corrected chi connectivity index (χ2v) is 5.47. The van der Waals surface area contributed by atoms with Crippen molar-refractivity contribution in [2.45, 2.75) is 45.7 Å². The molecule has 0 radical (unpaired) electrons. The Morgan fingerprint density at radius 2 is 2.26 bits per heavy atom. The van der Waals surface area contributed by atoms with Gasteiger partial charge in [0.15, 0.2) is 11.6 Å². The number of nitrogens with one attached hydrogen (secondary N) is 1. The van der Waals surface area contributed by atoms with Crippen LogP contribution in [0.1, 0.15) is 38.7 Å². The predicted molar refractivity (Wildman–Crippen MR) is 76.8 cm³/mol. The fourth-order valence-corrected chi connectivity index (χ4v) is 2.34. The standard InChI is InChI=1S/C15H24FN3/c1-4-8-17-10-13-7-9-18-15(14(13)16)19(3)11(2)12-5-6-12/h7,9,11-12,17H,4-6,8,10H2,1-3H3. The molecule has 0 spiro atoms. The van der Waals surface area contributed by atoms with Crippen molar-refractivity contribution in [1.82, 2.24) is 10.3 Å². The molecule has 1 N–H and O–H groups in total. The highest BCUT2D eigenvalue weighted by atomic mass is 19.1. The number of halogens is 1. The smallest absolute Gasteiger partial charge is 0.170 e. The fraction of sp³-hybridized carbons (Fsp3) is 0.667. The zero-order valence-electron chi connectivity index (χ0n) is 12.1. The van der Waals surface area contributed by atoms with Gasteiger partial charge in [0, 0.05) is 31.4 Å². The summed E-state index contributed by atoms with van der Waals surface area (Å²) < 4.78 is 14.5. The van der Waals surface area contributed by atoms with E-state index in [4.69, 9.17) is 0 Å². The molecule has 0 amide bonds. The summed E-state index contributed by atoms with van der Waals surface area (Å²) in [6, 6.07) is 2.12. The quantitative estimate of drug-likeness (QED) is 0.768. The molecule has 2 rings (SSSR count). The first-order valence-electron chi connectivity index (χ1n) is 7.22. The molecular weight excluding hydrogens is 241 g/mol. The maximum atomic E-state index is 14.5. The molecule has 1 aromatic rings. The Morgan fingerprint density at radius 3 is 2.89 bits per heavy atom.